The van der Waals surface area contributed by atoms with Gasteiger partial charge in [0.25, 0.3) is 0 Å². The molecule has 0 saturated carbocycles. The highest BCUT2D eigenvalue weighted by atomic mass is 32.2. The van der Waals surface area contributed by atoms with Gasteiger partial charge in [-0.3, -0.25) is 0 Å². The van der Waals surface area contributed by atoms with Crippen LogP contribution < -0.4 is 5.32 Å². The lowest BCUT2D eigenvalue weighted by Gasteiger charge is -2.09. The van der Waals surface area contributed by atoms with E-state index in [2.05, 4.69) is 20.3 Å². The molecule has 0 fully saturated rings. The second kappa shape index (κ2) is 6.55. The summed E-state index contributed by atoms with van der Waals surface area (Å²) in [6.07, 6.45) is -1.63. The van der Waals surface area contributed by atoms with Crippen molar-refractivity contribution in [3.63, 3.8) is 0 Å². The topological polar surface area (TPSA) is 55.6 Å². The van der Waals surface area contributed by atoms with E-state index in [-0.39, 0.29) is 5.52 Å². The summed E-state index contributed by atoms with van der Waals surface area (Å²) in [6.45, 7) is 2.02. The van der Waals surface area contributed by atoms with Gasteiger partial charge in [-0.05, 0) is 17.9 Å². The van der Waals surface area contributed by atoms with Crippen LogP contribution >= 0.6 is 11.8 Å². The number of hydrogen-bond acceptors (Lipinski definition) is 5. The van der Waals surface area contributed by atoms with Crippen LogP contribution in [0.5, 0.6) is 0 Å². The fraction of sp³-hybridized carbons (Fsp3) is 0.312. The third-order valence-corrected chi connectivity index (χ3v) is 4.62. The summed E-state index contributed by atoms with van der Waals surface area (Å²) in [5, 5.41) is 3.03. The van der Waals surface area contributed by atoms with Crippen LogP contribution in [0.15, 0.2) is 29.4 Å². The summed E-state index contributed by atoms with van der Waals surface area (Å²) >= 11 is 1.60. The summed E-state index contributed by atoms with van der Waals surface area (Å²) in [5.41, 5.74) is 1.31. The molecule has 5 nitrogen and oxygen atoms in total. The Balaban J connectivity index is 2.17. The smallest absolute Gasteiger partial charge is 0.387 e. The Morgan fingerprint density at radius 3 is 2.60 bits per heavy atom. The van der Waals surface area contributed by atoms with Gasteiger partial charge in [0.1, 0.15) is 11.4 Å². The van der Waals surface area contributed by atoms with Gasteiger partial charge in [0.2, 0.25) is 0 Å². The SMILES string of the molecule is CCSc1cc(NC)cnc1-c1nc2cc(C(F)(F)F)ncc2n1C. The average molecular weight is 367 g/mol. The second-order valence-corrected chi connectivity index (χ2v) is 6.61. The fourth-order valence-electron chi connectivity index (χ4n) is 2.47. The Bertz CT molecular complexity index is 920. The monoisotopic (exact) mass is 367 g/mol. The molecule has 3 aromatic rings. The summed E-state index contributed by atoms with van der Waals surface area (Å²) in [5.74, 6) is 1.35. The molecular weight excluding hydrogens is 351 g/mol. The Morgan fingerprint density at radius 2 is 1.96 bits per heavy atom. The summed E-state index contributed by atoms with van der Waals surface area (Å²) in [7, 11) is 3.55. The number of hydrogen-bond donors (Lipinski definition) is 1. The lowest BCUT2D eigenvalue weighted by molar-refractivity contribution is -0.141. The van der Waals surface area contributed by atoms with Crippen molar-refractivity contribution in [3.05, 3.63) is 30.2 Å². The number of nitrogens with one attached hydrogen (secondary N) is 1. The van der Waals surface area contributed by atoms with Gasteiger partial charge in [0, 0.05) is 19.0 Å². The molecule has 0 amide bonds. The van der Waals surface area contributed by atoms with Crippen molar-refractivity contribution in [1.29, 1.82) is 0 Å². The van der Waals surface area contributed by atoms with Crippen molar-refractivity contribution in [2.75, 3.05) is 18.1 Å². The minimum absolute atomic E-state index is 0.242. The highest BCUT2D eigenvalue weighted by Crippen LogP contribution is 2.34. The van der Waals surface area contributed by atoms with Crippen LogP contribution in [0.4, 0.5) is 18.9 Å². The van der Waals surface area contributed by atoms with Crippen LogP contribution in [0.1, 0.15) is 12.6 Å². The van der Waals surface area contributed by atoms with E-state index in [1.165, 1.54) is 6.20 Å². The molecule has 9 heteroatoms. The van der Waals surface area contributed by atoms with Gasteiger partial charge < -0.3 is 9.88 Å². The van der Waals surface area contributed by atoms with E-state index in [1.807, 2.05) is 13.0 Å². The van der Waals surface area contributed by atoms with E-state index in [0.717, 1.165) is 22.4 Å². The van der Waals surface area contributed by atoms with E-state index in [4.69, 9.17) is 0 Å². The molecule has 132 valence electrons. The number of rotatable bonds is 4. The van der Waals surface area contributed by atoms with Crippen LogP contribution in [0.2, 0.25) is 0 Å². The molecule has 0 spiro atoms. The maximum Gasteiger partial charge on any atom is 0.433 e. The third kappa shape index (κ3) is 3.28. The molecule has 3 aromatic heterocycles. The first kappa shape index (κ1) is 17.5. The summed E-state index contributed by atoms with van der Waals surface area (Å²) < 4.78 is 40.3. The van der Waals surface area contributed by atoms with Crippen LogP contribution in [0.25, 0.3) is 22.6 Å². The van der Waals surface area contributed by atoms with Crippen molar-refractivity contribution >= 4 is 28.5 Å². The predicted octanol–water partition coefficient (Wildman–Crippen LogP) is 4.20. The van der Waals surface area contributed by atoms with Gasteiger partial charge in [0.05, 0.1) is 29.1 Å². The molecule has 3 heterocycles. The van der Waals surface area contributed by atoms with Crippen molar-refractivity contribution in [1.82, 2.24) is 19.5 Å². The lowest BCUT2D eigenvalue weighted by atomic mass is 10.3. The van der Waals surface area contributed by atoms with Crippen molar-refractivity contribution < 1.29 is 13.2 Å². The minimum atomic E-state index is -4.50. The molecule has 0 saturated heterocycles. The maximum absolute atomic E-state index is 12.9. The molecule has 0 aliphatic rings. The molecule has 0 aromatic carbocycles. The average Bonchev–Trinajstić information content (AvgIpc) is 2.90. The molecule has 0 bridgehead atoms. The molecule has 3 rings (SSSR count). The zero-order chi connectivity index (χ0) is 18.2. The Kier molecular flexibility index (Phi) is 4.59. The Morgan fingerprint density at radius 1 is 1.20 bits per heavy atom. The molecule has 0 aliphatic carbocycles. The van der Waals surface area contributed by atoms with Gasteiger partial charge in [-0.25, -0.2) is 15.0 Å². The highest BCUT2D eigenvalue weighted by Gasteiger charge is 2.33. The first-order chi connectivity index (χ1) is 11.8. The van der Waals surface area contributed by atoms with E-state index >= 15 is 0 Å². The number of aryl methyl sites for hydroxylation is 1. The second-order valence-electron chi connectivity index (χ2n) is 5.30. The summed E-state index contributed by atoms with van der Waals surface area (Å²) in [4.78, 5) is 13.3. The van der Waals surface area contributed by atoms with Crippen LogP contribution in [0, 0.1) is 0 Å². The zero-order valence-electron chi connectivity index (χ0n) is 13.8. The number of alkyl halides is 3. The highest BCUT2D eigenvalue weighted by molar-refractivity contribution is 7.99. The molecule has 0 unspecified atom stereocenters. The molecule has 0 aliphatic heterocycles. The number of thioether (sulfide) groups is 1. The predicted molar refractivity (Wildman–Crippen MR) is 92.7 cm³/mol. The molecule has 0 radical (unpaired) electrons. The minimum Gasteiger partial charge on any atom is -0.387 e. The molecule has 25 heavy (non-hydrogen) atoms. The molecular formula is C16H16F3N5S. The van der Waals surface area contributed by atoms with E-state index in [9.17, 15) is 13.2 Å². The number of anilines is 1. The van der Waals surface area contributed by atoms with Gasteiger partial charge in [-0.1, -0.05) is 6.92 Å². The third-order valence-electron chi connectivity index (χ3n) is 3.71. The quantitative estimate of drug-likeness (QED) is 0.701. The lowest BCUT2D eigenvalue weighted by Crippen LogP contribution is -2.07. The van der Waals surface area contributed by atoms with Crippen LogP contribution in [-0.2, 0) is 13.2 Å². The molecule has 0 atom stereocenters. The van der Waals surface area contributed by atoms with Gasteiger partial charge in [0.15, 0.2) is 5.82 Å². The van der Waals surface area contributed by atoms with Crippen molar-refractivity contribution in [3.8, 4) is 11.5 Å². The number of nitrogens with zero attached hydrogens (tertiary/aromatic N) is 4. The standard InChI is InChI=1S/C16H16F3N5S/c1-4-25-12-5-9(20-2)7-22-14(12)15-23-10-6-13(16(17,18)19)21-8-11(10)24(15)3/h5-8,20H,4H2,1-3H3. The fourth-order valence-corrected chi connectivity index (χ4v) is 3.27. The van der Waals surface area contributed by atoms with Crippen molar-refractivity contribution in [2.45, 2.75) is 18.0 Å². The number of aromatic nitrogens is 4. The van der Waals surface area contributed by atoms with E-state index < -0.39 is 11.9 Å². The first-order valence-corrected chi connectivity index (χ1v) is 8.54. The number of fused-ring (bicyclic) bond motifs is 1. The summed E-state index contributed by atoms with van der Waals surface area (Å²) in [6, 6.07) is 2.92. The maximum atomic E-state index is 12.9. The van der Waals surface area contributed by atoms with Gasteiger partial charge in [-0.2, -0.15) is 13.2 Å². The Labute approximate surface area is 146 Å². The normalized spacial score (nSPS) is 11.9. The number of imidazole rings is 1. The van der Waals surface area contributed by atoms with Crippen molar-refractivity contribution in [2.24, 2.45) is 7.05 Å². The van der Waals surface area contributed by atoms with Gasteiger partial charge in [-0.15, -0.1) is 11.8 Å². The van der Waals surface area contributed by atoms with E-state index in [1.54, 1.807) is 36.6 Å². The van der Waals surface area contributed by atoms with Crippen LogP contribution in [-0.4, -0.2) is 32.3 Å². The van der Waals surface area contributed by atoms with Crippen LogP contribution in [0.3, 0.4) is 0 Å². The number of pyridine rings is 2. The van der Waals surface area contributed by atoms with E-state index in [0.29, 0.717) is 17.0 Å². The molecule has 1 N–H and O–H groups in total. The number of halogens is 3. The largest absolute Gasteiger partial charge is 0.433 e. The Hall–Kier alpha value is -2.29. The van der Waals surface area contributed by atoms with Gasteiger partial charge >= 0.3 is 6.18 Å². The first-order valence-electron chi connectivity index (χ1n) is 7.55. The zero-order valence-corrected chi connectivity index (χ0v) is 14.7.